The number of hydrogen-bond donors (Lipinski definition) is 0. The first-order valence-corrected chi connectivity index (χ1v) is 20.9. The van der Waals surface area contributed by atoms with Crippen LogP contribution in [0.5, 0.6) is 0 Å². The predicted octanol–water partition coefficient (Wildman–Crippen LogP) is 16.5. The molecule has 0 unspecified atom stereocenters. The van der Waals surface area contributed by atoms with E-state index in [9.17, 15) is 0 Å². The Kier molecular flexibility index (Phi) is 8.28. The highest BCUT2D eigenvalue weighted by atomic mass is 16.3. The van der Waals surface area contributed by atoms with Crippen molar-refractivity contribution < 1.29 is 8.83 Å². The maximum absolute atomic E-state index is 6.21. The third-order valence-electron chi connectivity index (χ3n) is 12.4. The molecular weight excluding hydrogens is 741 g/mol. The van der Waals surface area contributed by atoms with Gasteiger partial charge in [0.2, 0.25) is 0 Å². The Bertz CT molecular complexity index is 3430. The lowest BCUT2D eigenvalue weighted by Gasteiger charge is -2.23. The zero-order valence-electron chi connectivity index (χ0n) is 33.3. The highest BCUT2D eigenvalue weighted by Gasteiger charge is 2.22. The number of benzene rings is 10. The largest absolute Gasteiger partial charge is 0.456 e. The Morgan fingerprint density at radius 1 is 0.246 bits per heavy atom. The van der Waals surface area contributed by atoms with Crippen molar-refractivity contribution in [2.24, 2.45) is 0 Å². The summed E-state index contributed by atoms with van der Waals surface area (Å²) < 4.78 is 12.4. The van der Waals surface area contributed by atoms with Crippen LogP contribution in [0.3, 0.4) is 0 Å². The van der Waals surface area contributed by atoms with E-state index >= 15 is 0 Å². The summed E-state index contributed by atoms with van der Waals surface area (Å²) in [6.07, 6.45) is 0. The first kappa shape index (κ1) is 35.0. The van der Waals surface area contributed by atoms with Crippen LogP contribution in [-0.2, 0) is 0 Å². The maximum Gasteiger partial charge on any atom is 0.135 e. The molecule has 2 aromatic heterocycles. The molecule has 10 aromatic carbocycles. The second-order valence-electron chi connectivity index (χ2n) is 16.0. The van der Waals surface area contributed by atoms with Crippen molar-refractivity contribution in [3.63, 3.8) is 0 Å². The summed E-state index contributed by atoms with van der Waals surface area (Å²) in [7, 11) is 0. The third-order valence-corrected chi connectivity index (χ3v) is 12.4. The van der Waals surface area contributed by atoms with E-state index in [-0.39, 0.29) is 5.92 Å². The summed E-state index contributed by atoms with van der Waals surface area (Å²) in [5, 5.41) is 7.00. The Morgan fingerprint density at radius 3 is 1.26 bits per heavy atom. The lowest BCUT2D eigenvalue weighted by Crippen LogP contribution is -2.05. The van der Waals surface area contributed by atoms with Crippen LogP contribution < -0.4 is 0 Å². The monoisotopic (exact) mass is 778 g/mol. The fourth-order valence-corrected chi connectivity index (χ4v) is 9.46. The maximum atomic E-state index is 6.21. The number of rotatable bonds is 7. The summed E-state index contributed by atoms with van der Waals surface area (Å²) in [4.78, 5) is 0. The summed E-state index contributed by atoms with van der Waals surface area (Å²) in [5.41, 5.74) is 16.9. The van der Waals surface area contributed by atoms with Gasteiger partial charge in [0.25, 0.3) is 0 Å². The Morgan fingerprint density at radius 2 is 0.672 bits per heavy atom. The fraction of sp³-hybridized carbons (Fsp3) is 0.0169. The lowest BCUT2D eigenvalue weighted by molar-refractivity contribution is 0.668. The molecule has 61 heavy (non-hydrogen) atoms. The zero-order valence-corrected chi connectivity index (χ0v) is 33.3. The summed E-state index contributed by atoms with van der Waals surface area (Å²) >= 11 is 0. The normalized spacial score (nSPS) is 11.8. The molecular formula is C59H38O2. The molecule has 12 aromatic rings. The SMILES string of the molecule is c1ccc(-c2ccc(-c3ccc(C(c4cccc(-c5ccc6oc7ccccc7c6c5)c4)c4cccc(-c5ccc6oc7ccccc7c6c5)c4)c4ccccc34)cc2)cc1. The minimum atomic E-state index is -0.0590. The first-order chi connectivity index (χ1) is 30.2. The van der Waals surface area contributed by atoms with Gasteiger partial charge < -0.3 is 8.83 Å². The summed E-state index contributed by atoms with van der Waals surface area (Å²) in [5.74, 6) is -0.0590. The topological polar surface area (TPSA) is 26.3 Å². The summed E-state index contributed by atoms with van der Waals surface area (Å²) in [6, 6.07) is 81.1. The molecule has 0 amide bonds. The average Bonchev–Trinajstić information content (AvgIpc) is 3.90. The molecule has 2 heteroatoms. The minimum absolute atomic E-state index is 0.0590. The van der Waals surface area contributed by atoms with Crippen LogP contribution in [0.1, 0.15) is 22.6 Å². The van der Waals surface area contributed by atoms with Crippen molar-refractivity contribution in [3.05, 3.63) is 241 Å². The van der Waals surface area contributed by atoms with E-state index in [1.54, 1.807) is 0 Å². The molecule has 2 nitrogen and oxygen atoms in total. The Hall–Kier alpha value is -7.94. The van der Waals surface area contributed by atoms with Crippen molar-refractivity contribution in [2.75, 3.05) is 0 Å². The van der Waals surface area contributed by atoms with Crippen molar-refractivity contribution in [2.45, 2.75) is 5.92 Å². The van der Waals surface area contributed by atoms with Crippen LogP contribution in [0.4, 0.5) is 0 Å². The van der Waals surface area contributed by atoms with Gasteiger partial charge in [0.15, 0.2) is 0 Å². The Balaban J connectivity index is 1.02. The quantitative estimate of drug-likeness (QED) is 0.151. The van der Waals surface area contributed by atoms with Gasteiger partial charge in [-0.1, -0.05) is 188 Å². The summed E-state index contributed by atoms with van der Waals surface area (Å²) in [6.45, 7) is 0. The van der Waals surface area contributed by atoms with Gasteiger partial charge in [0.05, 0.1) is 0 Å². The molecule has 12 rings (SSSR count). The minimum Gasteiger partial charge on any atom is -0.456 e. The smallest absolute Gasteiger partial charge is 0.135 e. The Labute approximate surface area is 353 Å². The van der Waals surface area contributed by atoms with Crippen molar-refractivity contribution in [3.8, 4) is 44.5 Å². The van der Waals surface area contributed by atoms with Crippen molar-refractivity contribution >= 4 is 54.6 Å². The van der Waals surface area contributed by atoms with Crippen LogP contribution in [0.15, 0.2) is 233 Å². The second-order valence-corrected chi connectivity index (χ2v) is 16.0. The van der Waals surface area contributed by atoms with Gasteiger partial charge in [-0.3, -0.25) is 0 Å². The highest BCUT2D eigenvalue weighted by molar-refractivity contribution is 6.07. The zero-order chi connectivity index (χ0) is 40.3. The van der Waals surface area contributed by atoms with E-state index in [4.69, 9.17) is 8.83 Å². The van der Waals surface area contributed by atoms with Crippen LogP contribution in [0.25, 0.3) is 99.2 Å². The molecule has 2 heterocycles. The molecule has 0 saturated carbocycles. The van der Waals surface area contributed by atoms with Gasteiger partial charge in [0.1, 0.15) is 22.3 Å². The van der Waals surface area contributed by atoms with Crippen LogP contribution in [-0.4, -0.2) is 0 Å². The first-order valence-electron chi connectivity index (χ1n) is 20.9. The molecule has 0 fully saturated rings. The molecule has 0 radical (unpaired) electrons. The van der Waals surface area contributed by atoms with Crippen molar-refractivity contribution in [1.82, 2.24) is 0 Å². The van der Waals surface area contributed by atoms with Gasteiger partial charge >= 0.3 is 0 Å². The molecule has 0 atom stereocenters. The fourth-order valence-electron chi connectivity index (χ4n) is 9.46. The van der Waals surface area contributed by atoms with E-state index in [0.29, 0.717) is 0 Å². The molecule has 0 spiro atoms. The standard InChI is InChI=1S/C59H38O2/c1-2-12-38(13-3-1)39-24-26-40(27-25-39)47-30-31-52(49-19-5-4-18-48(47)49)59(45-16-10-14-41(34-45)43-28-32-57-53(36-43)50-20-6-8-22-55(50)60-57)46-17-11-15-42(35-46)44-29-33-58-54(37-44)51-21-7-9-23-56(51)61-58/h1-37,59H. The van der Waals surface area contributed by atoms with E-state index in [2.05, 4.69) is 200 Å². The van der Waals surface area contributed by atoms with Crippen LogP contribution >= 0.6 is 0 Å². The van der Waals surface area contributed by atoms with Crippen LogP contribution in [0.2, 0.25) is 0 Å². The lowest BCUT2D eigenvalue weighted by atomic mass is 9.80. The molecule has 0 saturated heterocycles. The van der Waals surface area contributed by atoms with Crippen molar-refractivity contribution in [1.29, 1.82) is 0 Å². The predicted molar refractivity (Wildman–Crippen MR) is 254 cm³/mol. The molecule has 0 aliphatic rings. The average molecular weight is 779 g/mol. The number of para-hydroxylation sites is 2. The second kappa shape index (κ2) is 14.4. The van der Waals surface area contributed by atoms with Gasteiger partial charge in [-0.2, -0.15) is 0 Å². The highest BCUT2D eigenvalue weighted by Crippen LogP contribution is 2.43. The van der Waals surface area contributed by atoms with E-state index < -0.39 is 0 Å². The van der Waals surface area contributed by atoms with E-state index in [1.165, 1.54) is 60.8 Å². The van der Waals surface area contributed by atoms with E-state index in [0.717, 1.165) is 55.0 Å². The number of furan rings is 2. The van der Waals surface area contributed by atoms with Gasteiger partial charge in [-0.05, 0) is 108 Å². The molecule has 0 bridgehead atoms. The molecule has 0 aliphatic carbocycles. The molecule has 0 aliphatic heterocycles. The van der Waals surface area contributed by atoms with Gasteiger partial charge in [-0.25, -0.2) is 0 Å². The van der Waals surface area contributed by atoms with Crippen LogP contribution in [0, 0.1) is 0 Å². The number of fused-ring (bicyclic) bond motifs is 7. The number of hydrogen-bond acceptors (Lipinski definition) is 2. The van der Waals surface area contributed by atoms with Gasteiger partial charge in [-0.15, -0.1) is 0 Å². The van der Waals surface area contributed by atoms with Gasteiger partial charge in [0, 0.05) is 27.5 Å². The third kappa shape index (κ3) is 6.12. The molecule has 0 N–H and O–H groups in total. The molecule has 286 valence electrons. The van der Waals surface area contributed by atoms with E-state index in [1.807, 2.05) is 24.3 Å².